The van der Waals surface area contributed by atoms with Crippen molar-refractivity contribution in [3.63, 3.8) is 0 Å². The van der Waals surface area contributed by atoms with Crippen LogP contribution in [0.4, 0.5) is 29.2 Å². The number of carboxylic acids is 1. The number of alkyl halides is 3. The summed E-state index contributed by atoms with van der Waals surface area (Å²) < 4.78 is 55.7. The summed E-state index contributed by atoms with van der Waals surface area (Å²) in [5, 5.41) is 12.3. The van der Waals surface area contributed by atoms with Gasteiger partial charge in [0.25, 0.3) is 0 Å². The van der Waals surface area contributed by atoms with Crippen LogP contribution in [0.2, 0.25) is 0 Å². The first-order valence-electron chi connectivity index (χ1n) is 12.5. The van der Waals surface area contributed by atoms with Crippen LogP contribution in [-0.4, -0.2) is 26.4 Å². The zero-order valence-corrected chi connectivity index (χ0v) is 20.9. The summed E-state index contributed by atoms with van der Waals surface area (Å²) in [7, 11) is 1.62. The summed E-state index contributed by atoms with van der Waals surface area (Å²) in [4.78, 5) is 28.8. The number of aromatic nitrogens is 2. The lowest BCUT2D eigenvalue weighted by atomic mass is 9.75. The third-order valence-electron chi connectivity index (χ3n) is 7.35. The van der Waals surface area contributed by atoms with Gasteiger partial charge in [-0.15, -0.1) is 0 Å². The van der Waals surface area contributed by atoms with Gasteiger partial charge in [-0.3, -0.25) is 9.59 Å². The minimum absolute atomic E-state index is 0.0945. The molecule has 5 rings (SSSR count). The number of benzene rings is 3. The summed E-state index contributed by atoms with van der Waals surface area (Å²) in [5.41, 5.74) is 1.51. The fourth-order valence-electron chi connectivity index (χ4n) is 5.19. The van der Waals surface area contributed by atoms with Gasteiger partial charge in [0.1, 0.15) is 5.82 Å². The van der Waals surface area contributed by atoms with Gasteiger partial charge >= 0.3 is 12.1 Å². The van der Waals surface area contributed by atoms with Crippen molar-refractivity contribution in [1.29, 1.82) is 0 Å². The second-order valence-electron chi connectivity index (χ2n) is 9.79. The minimum Gasteiger partial charge on any atom is -0.481 e. The number of Topliss-reactive ketones (excluding diaryl/α,β-unsaturated/α-hetero) is 1. The van der Waals surface area contributed by atoms with Crippen LogP contribution in [0.1, 0.15) is 41.6 Å². The van der Waals surface area contributed by atoms with Crippen molar-refractivity contribution in [3.8, 4) is 11.1 Å². The third-order valence-corrected chi connectivity index (χ3v) is 7.35. The third kappa shape index (κ3) is 5.23. The molecule has 39 heavy (non-hydrogen) atoms. The Labute approximate surface area is 221 Å². The summed E-state index contributed by atoms with van der Waals surface area (Å²) in [6.45, 7) is 0. The summed E-state index contributed by atoms with van der Waals surface area (Å²) in [5.74, 6) is -2.78. The maximum atomic E-state index is 15.0. The van der Waals surface area contributed by atoms with Crippen LogP contribution >= 0.6 is 0 Å². The molecule has 1 fully saturated rings. The van der Waals surface area contributed by atoms with Crippen LogP contribution in [0.3, 0.4) is 0 Å². The standard InChI is InChI=1S/C29H25F4N3O3/c1-36-25-13-11-19(29(31,32)33)15-24(25)35-28(36)34-23-12-10-18(14-22(23)30)16-6-8-17(9-7-16)26(37)20-4-2-3-5-21(20)27(38)39/h6-15,20-21H,2-5H2,1H3,(H,34,35)(H,38,39)/t20-,21-/m0/s1. The highest BCUT2D eigenvalue weighted by Gasteiger charge is 2.36. The maximum Gasteiger partial charge on any atom is 0.416 e. The highest BCUT2D eigenvalue weighted by molar-refractivity contribution is 6.00. The van der Waals surface area contributed by atoms with Crippen molar-refractivity contribution in [2.45, 2.75) is 31.9 Å². The lowest BCUT2D eigenvalue weighted by Crippen LogP contribution is -2.32. The Balaban J connectivity index is 1.34. The lowest BCUT2D eigenvalue weighted by molar-refractivity contribution is -0.144. The Kier molecular flexibility index (Phi) is 6.88. The highest BCUT2D eigenvalue weighted by atomic mass is 19.4. The predicted molar refractivity (Wildman–Crippen MR) is 138 cm³/mol. The van der Waals surface area contributed by atoms with Gasteiger partial charge in [-0.2, -0.15) is 13.2 Å². The Morgan fingerprint density at radius 2 is 1.62 bits per heavy atom. The molecule has 0 saturated heterocycles. The number of aryl methyl sites for hydroxylation is 1. The van der Waals surface area contributed by atoms with E-state index >= 15 is 4.39 Å². The first-order chi connectivity index (χ1) is 18.5. The van der Waals surface area contributed by atoms with Gasteiger partial charge in [0.2, 0.25) is 5.95 Å². The first kappa shape index (κ1) is 26.4. The second-order valence-corrected chi connectivity index (χ2v) is 9.79. The average Bonchev–Trinajstić information content (AvgIpc) is 3.23. The number of carbonyl (C=O) groups excluding carboxylic acids is 1. The molecule has 2 N–H and O–H groups in total. The number of nitrogens with zero attached hydrogens (tertiary/aromatic N) is 2. The first-order valence-corrected chi connectivity index (χ1v) is 12.5. The van der Waals surface area contributed by atoms with Crippen LogP contribution in [0.15, 0.2) is 60.7 Å². The van der Waals surface area contributed by atoms with Gasteiger partial charge in [0.15, 0.2) is 5.78 Å². The van der Waals surface area contributed by atoms with E-state index in [2.05, 4.69) is 10.3 Å². The number of ketones is 1. The molecule has 1 saturated carbocycles. The highest BCUT2D eigenvalue weighted by Crippen LogP contribution is 2.35. The molecule has 0 unspecified atom stereocenters. The van der Waals surface area contributed by atoms with Crippen molar-refractivity contribution >= 4 is 34.4 Å². The lowest BCUT2D eigenvalue weighted by Gasteiger charge is -2.27. The van der Waals surface area contributed by atoms with Gasteiger partial charge < -0.3 is 15.0 Å². The molecule has 1 aliphatic carbocycles. The average molecular weight is 540 g/mol. The van der Waals surface area contributed by atoms with Gasteiger partial charge in [0.05, 0.1) is 28.2 Å². The number of aliphatic carboxylic acids is 1. The van der Waals surface area contributed by atoms with Crippen LogP contribution in [0.25, 0.3) is 22.2 Å². The number of carboxylic acid groups (broad SMARTS) is 1. The molecular formula is C29H25F4N3O3. The van der Waals surface area contributed by atoms with Crippen LogP contribution < -0.4 is 5.32 Å². The molecule has 0 radical (unpaired) electrons. The Morgan fingerprint density at radius 1 is 0.949 bits per heavy atom. The molecule has 0 spiro atoms. The number of rotatable bonds is 6. The largest absolute Gasteiger partial charge is 0.481 e. The molecule has 1 aromatic heterocycles. The van der Waals surface area contributed by atoms with Gasteiger partial charge in [-0.1, -0.05) is 43.2 Å². The van der Waals surface area contributed by atoms with Crippen molar-refractivity contribution in [1.82, 2.24) is 9.55 Å². The topological polar surface area (TPSA) is 84.2 Å². The number of nitrogens with one attached hydrogen (secondary N) is 1. The molecule has 202 valence electrons. The molecule has 1 aliphatic rings. The second kappa shape index (κ2) is 10.2. The number of imidazole rings is 1. The maximum absolute atomic E-state index is 15.0. The Morgan fingerprint density at radius 3 is 2.26 bits per heavy atom. The molecule has 6 nitrogen and oxygen atoms in total. The smallest absolute Gasteiger partial charge is 0.416 e. The normalized spacial score (nSPS) is 17.8. The fraction of sp³-hybridized carbons (Fsp3) is 0.276. The summed E-state index contributed by atoms with van der Waals surface area (Å²) in [6, 6.07) is 14.4. The zero-order chi connectivity index (χ0) is 27.9. The quantitative estimate of drug-likeness (QED) is 0.200. The van der Waals surface area contributed by atoms with Crippen molar-refractivity contribution in [3.05, 3.63) is 77.6 Å². The molecule has 0 amide bonds. The van der Waals surface area contributed by atoms with Gasteiger partial charge in [0, 0.05) is 18.5 Å². The number of anilines is 2. The number of carbonyl (C=O) groups is 2. The zero-order valence-electron chi connectivity index (χ0n) is 20.9. The van der Waals surface area contributed by atoms with Crippen LogP contribution in [0, 0.1) is 17.7 Å². The van der Waals surface area contributed by atoms with E-state index in [0.717, 1.165) is 25.0 Å². The minimum atomic E-state index is -4.50. The molecular weight excluding hydrogens is 514 g/mol. The van der Waals surface area contributed by atoms with Gasteiger partial charge in [-0.05, 0) is 54.3 Å². The monoisotopic (exact) mass is 539 g/mol. The van der Waals surface area contributed by atoms with Crippen molar-refractivity contribution in [2.75, 3.05) is 5.32 Å². The Hall–Kier alpha value is -4.21. The van der Waals surface area contributed by atoms with E-state index in [1.54, 1.807) is 41.9 Å². The molecule has 4 aromatic rings. The molecule has 0 bridgehead atoms. The van der Waals surface area contributed by atoms with Crippen molar-refractivity contribution < 1.29 is 32.3 Å². The van der Waals surface area contributed by atoms with E-state index in [0.29, 0.717) is 35.0 Å². The number of halogens is 4. The van der Waals surface area contributed by atoms with Crippen LogP contribution in [-0.2, 0) is 18.0 Å². The van der Waals surface area contributed by atoms with E-state index < -0.39 is 35.4 Å². The number of hydrogen-bond donors (Lipinski definition) is 2. The predicted octanol–water partition coefficient (Wildman–Crippen LogP) is 7.22. The van der Waals surface area contributed by atoms with E-state index in [-0.39, 0.29) is 22.9 Å². The fourth-order valence-corrected chi connectivity index (χ4v) is 5.19. The molecule has 3 aromatic carbocycles. The van der Waals surface area contributed by atoms with Crippen LogP contribution in [0.5, 0.6) is 0 Å². The molecule has 10 heteroatoms. The Bertz CT molecular complexity index is 1560. The van der Waals surface area contributed by atoms with E-state index in [4.69, 9.17) is 0 Å². The molecule has 0 aliphatic heterocycles. The van der Waals surface area contributed by atoms with E-state index in [1.807, 2.05) is 0 Å². The van der Waals surface area contributed by atoms with Gasteiger partial charge in [-0.25, -0.2) is 9.37 Å². The summed E-state index contributed by atoms with van der Waals surface area (Å²) in [6.07, 6.45) is -1.84. The number of fused-ring (bicyclic) bond motifs is 1. The van der Waals surface area contributed by atoms with E-state index in [9.17, 15) is 27.9 Å². The van der Waals surface area contributed by atoms with Crippen molar-refractivity contribution in [2.24, 2.45) is 18.9 Å². The molecule has 2 atom stereocenters. The summed E-state index contributed by atoms with van der Waals surface area (Å²) >= 11 is 0. The molecule has 1 heterocycles. The number of hydrogen-bond acceptors (Lipinski definition) is 4. The SMILES string of the molecule is Cn1c(Nc2ccc(-c3ccc(C(=O)[C@H]4CCCC[C@@H]4C(=O)O)cc3)cc2F)nc2cc(C(F)(F)F)ccc21. The van der Waals surface area contributed by atoms with E-state index in [1.165, 1.54) is 18.2 Å².